The maximum atomic E-state index is 12.4. The van der Waals surface area contributed by atoms with Crippen LogP contribution in [-0.4, -0.2) is 25.1 Å². The Bertz CT molecular complexity index is 764. The van der Waals surface area contributed by atoms with Crippen LogP contribution in [0.15, 0.2) is 49.2 Å². The number of nitrogens with zero attached hydrogens (tertiary/aromatic N) is 2. The Labute approximate surface area is 149 Å². The maximum absolute atomic E-state index is 12.4. The molecular weight excluding hydrogens is 312 g/mol. The lowest BCUT2D eigenvalue weighted by molar-refractivity contribution is 0.242. The normalized spacial score (nSPS) is 10.9. The zero-order valence-electron chi connectivity index (χ0n) is 15.6. The van der Waals surface area contributed by atoms with E-state index in [1.165, 1.54) is 0 Å². The smallest absolute Gasteiger partial charge is 0.319 e. The van der Waals surface area contributed by atoms with E-state index in [-0.39, 0.29) is 6.03 Å². The van der Waals surface area contributed by atoms with Crippen molar-refractivity contribution in [3.63, 3.8) is 0 Å². The molecule has 0 aliphatic rings. The highest BCUT2D eigenvalue weighted by Gasteiger charge is 2.23. The van der Waals surface area contributed by atoms with Gasteiger partial charge in [0, 0.05) is 14.1 Å². The molecule has 2 aromatic rings. The van der Waals surface area contributed by atoms with E-state index in [4.69, 9.17) is 0 Å². The highest BCUT2D eigenvalue weighted by Crippen LogP contribution is 2.23. The fraction of sp³-hybridized carbons (Fsp3) is 0.300. The molecule has 1 aromatic heterocycles. The number of hydrogen-bond donors (Lipinski definition) is 2. The molecule has 0 aliphatic heterocycles. The van der Waals surface area contributed by atoms with Gasteiger partial charge in [-0.3, -0.25) is 0 Å². The number of carbonyl (C=O) groups is 1. The van der Waals surface area contributed by atoms with Gasteiger partial charge in [-0.1, -0.05) is 30.4 Å². The summed E-state index contributed by atoms with van der Waals surface area (Å²) in [4.78, 5) is 18.6. The van der Waals surface area contributed by atoms with Crippen LogP contribution >= 0.6 is 0 Å². The number of hydrogen-bond acceptors (Lipinski definition) is 3. The highest BCUT2D eigenvalue weighted by atomic mass is 16.2. The third-order valence-electron chi connectivity index (χ3n) is 3.97. The van der Waals surface area contributed by atoms with E-state index in [1.54, 1.807) is 6.20 Å². The largest absolute Gasteiger partial charge is 0.363 e. The molecule has 5 heteroatoms. The van der Waals surface area contributed by atoms with Crippen LogP contribution in [0.2, 0.25) is 0 Å². The van der Waals surface area contributed by atoms with Gasteiger partial charge in [-0.05, 0) is 50.1 Å². The van der Waals surface area contributed by atoms with Crippen molar-refractivity contribution in [3.8, 4) is 0 Å². The molecule has 0 saturated heterocycles. The highest BCUT2D eigenvalue weighted by molar-refractivity contribution is 5.89. The molecule has 0 bridgehead atoms. The predicted molar refractivity (Wildman–Crippen MR) is 105 cm³/mol. The summed E-state index contributed by atoms with van der Waals surface area (Å²) in [6.45, 7) is 9.88. The van der Waals surface area contributed by atoms with E-state index < -0.39 is 5.54 Å². The molecule has 0 fully saturated rings. The summed E-state index contributed by atoms with van der Waals surface area (Å²) in [6.07, 6.45) is 1.64. The Morgan fingerprint density at radius 3 is 2.48 bits per heavy atom. The van der Waals surface area contributed by atoms with Gasteiger partial charge in [0.1, 0.15) is 5.82 Å². The molecule has 132 valence electrons. The quantitative estimate of drug-likeness (QED) is 0.857. The number of pyridine rings is 1. The molecule has 0 saturated carbocycles. The van der Waals surface area contributed by atoms with Crippen LogP contribution in [0, 0.1) is 0 Å². The van der Waals surface area contributed by atoms with Crippen LogP contribution in [0.3, 0.4) is 0 Å². The zero-order chi connectivity index (χ0) is 18.6. The van der Waals surface area contributed by atoms with Crippen LogP contribution < -0.4 is 15.5 Å². The topological polar surface area (TPSA) is 57.3 Å². The summed E-state index contributed by atoms with van der Waals surface area (Å²) in [5.41, 5.74) is 3.20. The molecule has 0 radical (unpaired) electrons. The second kappa shape index (κ2) is 7.38. The first-order valence-corrected chi connectivity index (χ1v) is 8.18. The first-order valence-electron chi connectivity index (χ1n) is 8.18. The van der Waals surface area contributed by atoms with Gasteiger partial charge in [-0.2, -0.15) is 0 Å². The van der Waals surface area contributed by atoms with E-state index >= 15 is 0 Å². The number of nitrogens with one attached hydrogen (secondary N) is 2. The lowest BCUT2D eigenvalue weighted by Gasteiger charge is -2.27. The van der Waals surface area contributed by atoms with E-state index in [0.717, 1.165) is 22.5 Å². The van der Waals surface area contributed by atoms with E-state index in [2.05, 4.69) is 28.3 Å². The summed E-state index contributed by atoms with van der Waals surface area (Å²) in [5, 5.41) is 5.83. The van der Waals surface area contributed by atoms with E-state index in [0.29, 0.717) is 5.69 Å². The lowest BCUT2D eigenvalue weighted by Crippen LogP contribution is -2.43. The van der Waals surface area contributed by atoms with Crippen molar-refractivity contribution in [1.82, 2.24) is 10.3 Å². The number of anilines is 2. The minimum Gasteiger partial charge on any atom is -0.363 e. The molecule has 0 spiro atoms. The zero-order valence-corrected chi connectivity index (χ0v) is 15.6. The summed E-state index contributed by atoms with van der Waals surface area (Å²) in [5.74, 6) is 0.836. The van der Waals surface area contributed by atoms with Crippen molar-refractivity contribution in [1.29, 1.82) is 0 Å². The van der Waals surface area contributed by atoms with Crippen molar-refractivity contribution >= 4 is 23.1 Å². The molecular formula is C20H26N4O. The van der Waals surface area contributed by atoms with Crippen LogP contribution in [0.5, 0.6) is 0 Å². The van der Waals surface area contributed by atoms with Crippen molar-refractivity contribution < 1.29 is 4.79 Å². The van der Waals surface area contributed by atoms with Gasteiger partial charge >= 0.3 is 6.03 Å². The number of amides is 2. The summed E-state index contributed by atoms with van der Waals surface area (Å²) >= 11 is 0. The van der Waals surface area contributed by atoms with Gasteiger partial charge in [0.05, 0.1) is 17.4 Å². The van der Waals surface area contributed by atoms with Crippen LogP contribution in [0.25, 0.3) is 5.57 Å². The summed E-state index contributed by atoms with van der Waals surface area (Å²) < 4.78 is 0. The minimum absolute atomic E-state index is 0.273. The molecule has 1 heterocycles. The first kappa shape index (κ1) is 18.5. The molecule has 25 heavy (non-hydrogen) atoms. The number of urea groups is 1. The van der Waals surface area contributed by atoms with Crippen molar-refractivity contribution in [2.75, 3.05) is 24.3 Å². The Kier molecular flexibility index (Phi) is 5.47. The van der Waals surface area contributed by atoms with Gasteiger partial charge in [-0.25, -0.2) is 9.78 Å². The second-order valence-corrected chi connectivity index (χ2v) is 6.86. The van der Waals surface area contributed by atoms with Gasteiger partial charge in [0.15, 0.2) is 0 Å². The van der Waals surface area contributed by atoms with Crippen LogP contribution in [-0.2, 0) is 5.54 Å². The maximum Gasteiger partial charge on any atom is 0.319 e. The third-order valence-corrected chi connectivity index (χ3v) is 3.97. The molecule has 2 N–H and O–H groups in total. The molecule has 2 amide bonds. The monoisotopic (exact) mass is 338 g/mol. The van der Waals surface area contributed by atoms with Crippen LogP contribution in [0.4, 0.5) is 16.3 Å². The Morgan fingerprint density at radius 2 is 1.92 bits per heavy atom. The Balaban J connectivity index is 2.07. The Morgan fingerprint density at radius 1 is 1.20 bits per heavy atom. The fourth-order valence-corrected chi connectivity index (χ4v) is 2.42. The molecule has 1 aromatic carbocycles. The molecule has 0 unspecified atom stereocenters. The van der Waals surface area contributed by atoms with Gasteiger partial charge in [-0.15, -0.1) is 0 Å². The van der Waals surface area contributed by atoms with Gasteiger partial charge in [0.2, 0.25) is 0 Å². The standard InChI is InChI=1S/C20H26N4O/c1-14(2)15-8-7-9-16(12-15)20(3,4)23-19(25)22-17-10-11-18(21-13-17)24(5)6/h7-13H,1H2,2-6H3,(H2,22,23,25). The lowest BCUT2D eigenvalue weighted by atomic mass is 9.92. The number of allylic oxidation sites excluding steroid dienone is 1. The van der Waals surface area contributed by atoms with Crippen LogP contribution in [0.1, 0.15) is 31.9 Å². The van der Waals surface area contributed by atoms with Crippen molar-refractivity contribution in [2.45, 2.75) is 26.3 Å². The fourth-order valence-electron chi connectivity index (χ4n) is 2.42. The van der Waals surface area contributed by atoms with E-state index in [1.807, 2.05) is 70.1 Å². The number of benzene rings is 1. The van der Waals surface area contributed by atoms with Crippen molar-refractivity contribution in [2.24, 2.45) is 0 Å². The summed E-state index contributed by atoms with van der Waals surface area (Å²) in [7, 11) is 3.84. The van der Waals surface area contributed by atoms with Gasteiger partial charge in [0.25, 0.3) is 0 Å². The number of aromatic nitrogens is 1. The Hall–Kier alpha value is -2.82. The molecule has 0 atom stereocenters. The van der Waals surface area contributed by atoms with Crippen molar-refractivity contribution in [3.05, 3.63) is 60.3 Å². The third kappa shape index (κ3) is 4.83. The average Bonchev–Trinajstić information content (AvgIpc) is 2.54. The number of carbonyl (C=O) groups excluding carboxylic acids is 1. The predicted octanol–water partition coefficient (Wildman–Crippen LogP) is 4.24. The van der Waals surface area contributed by atoms with Gasteiger partial charge < -0.3 is 15.5 Å². The molecule has 2 rings (SSSR count). The summed E-state index contributed by atoms with van der Waals surface area (Å²) in [6, 6.07) is 11.5. The minimum atomic E-state index is -0.521. The molecule has 5 nitrogen and oxygen atoms in total. The average molecular weight is 338 g/mol. The number of rotatable bonds is 5. The second-order valence-electron chi connectivity index (χ2n) is 6.86. The SMILES string of the molecule is C=C(C)c1cccc(C(C)(C)NC(=O)Nc2ccc(N(C)C)nc2)c1. The van der Waals surface area contributed by atoms with E-state index in [9.17, 15) is 4.79 Å². The molecule has 0 aliphatic carbocycles. The first-order chi connectivity index (χ1) is 11.7.